The third-order valence-electron chi connectivity index (χ3n) is 3.26. The Kier molecular flexibility index (Phi) is 4.13. The topological polar surface area (TPSA) is 42.2 Å². The summed E-state index contributed by atoms with van der Waals surface area (Å²) < 4.78 is 15.7. The van der Waals surface area contributed by atoms with Crippen LogP contribution in [0.25, 0.3) is 5.65 Å². The molecular weight excluding hydrogens is 291 g/mol. The zero-order valence-electron chi connectivity index (χ0n) is 11.3. The van der Waals surface area contributed by atoms with Gasteiger partial charge in [0.1, 0.15) is 11.6 Å². The van der Waals surface area contributed by atoms with Gasteiger partial charge in [-0.15, -0.1) is 10.2 Å². The fourth-order valence-electron chi connectivity index (χ4n) is 2.17. The number of hydrogen-bond acceptors (Lipinski definition) is 3. The summed E-state index contributed by atoms with van der Waals surface area (Å²) in [7, 11) is 0. The van der Waals surface area contributed by atoms with Crippen molar-refractivity contribution >= 4 is 17.2 Å². The van der Waals surface area contributed by atoms with Gasteiger partial charge < -0.3 is 5.32 Å². The molecule has 2 aromatic heterocycles. The van der Waals surface area contributed by atoms with Gasteiger partial charge >= 0.3 is 0 Å². The van der Waals surface area contributed by atoms with Crippen LogP contribution in [0.3, 0.4) is 0 Å². The quantitative estimate of drug-likeness (QED) is 0.737. The average molecular weight is 305 g/mol. The molecule has 0 atom stereocenters. The molecule has 21 heavy (non-hydrogen) atoms. The van der Waals surface area contributed by atoms with Crippen LogP contribution >= 0.6 is 11.6 Å². The number of pyridine rings is 1. The maximum atomic E-state index is 13.7. The van der Waals surface area contributed by atoms with Gasteiger partial charge in [0.2, 0.25) is 0 Å². The summed E-state index contributed by atoms with van der Waals surface area (Å²) in [6, 6.07) is 10.8. The van der Waals surface area contributed by atoms with Crippen LogP contribution in [0.2, 0.25) is 5.02 Å². The van der Waals surface area contributed by atoms with E-state index >= 15 is 0 Å². The van der Waals surface area contributed by atoms with Crippen LogP contribution in [-0.4, -0.2) is 21.1 Å². The second-order valence-corrected chi connectivity index (χ2v) is 5.09. The minimum Gasteiger partial charge on any atom is -0.312 e. The second-order valence-electron chi connectivity index (χ2n) is 4.68. The van der Waals surface area contributed by atoms with Gasteiger partial charge in [-0.1, -0.05) is 29.8 Å². The molecule has 1 aromatic carbocycles. The monoisotopic (exact) mass is 304 g/mol. The summed E-state index contributed by atoms with van der Waals surface area (Å²) in [5.74, 6) is 0.518. The van der Waals surface area contributed by atoms with E-state index < -0.39 is 0 Å². The minimum atomic E-state index is -0.361. The van der Waals surface area contributed by atoms with E-state index in [1.165, 1.54) is 0 Å². The molecule has 0 amide bonds. The summed E-state index contributed by atoms with van der Waals surface area (Å²) in [6.07, 6.45) is 2.65. The van der Waals surface area contributed by atoms with Crippen molar-refractivity contribution in [3.63, 3.8) is 0 Å². The molecule has 0 spiro atoms. The van der Waals surface area contributed by atoms with Gasteiger partial charge in [0, 0.05) is 31.3 Å². The molecule has 0 radical (unpaired) electrons. The molecule has 0 unspecified atom stereocenters. The lowest BCUT2D eigenvalue weighted by Gasteiger charge is -2.06. The molecule has 2 heterocycles. The Balaban J connectivity index is 1.58. The Morgan fingerprint density at radius 2 is 2.05 bits per heavy atom. The highest BCUT2D eigenvalue weighted by Gasteiger charge is 2.06. The van der Waals surface area contributed by atoms with Crippen molar-refractivity contribution in [1.29, 1.82) is 0 Å². The third-order valence-corrected chi connectivity index (χ3v) is 3.55. The van der Waals surface area contributed by atoms with Crippen LogP contribution in [0, 0.1) is 5.82 Å². The lowest BCUT2D eigenvalue weighted by molar-refractivity contribution is 0.586. The summed E-state index contributed by atoms with van der Waals surface area (Å²) in [4.78, 5) is 0. The largest absolute Gasteiger partial charge is 0.312 e. The van der Waals surface area contributed by atoms with Crippen molar-refractivity contribution < 1.29 is 4.39 Å². The van der Waals surface area contributed by atoms with E-state index in [9.17, 15) is 4.39 Å². The van der Waals surface area contributed by atoms with Gasteiger partial charge in [-0.3, -0.25) is 4.40 Å². The highest BCUT2D eigenvalue weighted by atomic mass is 35.5. The number of benzene rings is 1. The Labute approximate surface area is 126 Å². The normalized spacial score (nSPS) is 11.1. The van der Waals surface area contributed by atoms with Crippen LogP contribution in [0.15, 0.2) is 42.6 Å². The molecule has 3 aromatic rings. The maximum absolute atomic E-state index is 13.7. The van der Waals surface area contributed by atoms with E-state index in [-0.39, 0.29) is 10.8 Å². The Morgan fingerprint density at radius 1 is 1.14 bits per heavy atom. The molecule has 3 rings (SSSR count). The van der Waals surface area contributed by atoms with Gasteiger partial charge in [0.05, 0.1) is 5.02 Å². The molecule has 0 saturated heterocycles. The van der Waals surface area contributed by atoms with Crippen molar-refractivity contribution in [1.82, 2.24) is 19.9 Å². The predicted molar refractivity (Wildman–Crippen MR) is 79.8 cm³/mol. The molecule has 108 valence electrons. The lowest BCUT2D eigenvalue weighted by atomic mass is 10.2. The van der Waals surface area contributed by atoms with Crippen LogP contribution in [0.4, 0.5) is 4.39 Å². The molecular formula is C15H14ClFN4. The third kappa shape index (κ3) is 3.04. The van der Waals surface area contributed by atoms with E-state index in [2.05, 4.69) is 15.5 Å². The number of fused-ring (bicyclic) bond motifs is 1. The summed E-state index contributed by atoms with van der Waals surface area (Å²) in [5, 5.41) is 11.6. The number of rotatable bonds is 5. The van der Waals surface area contributed by atoms with E-state index in [1.807, 2.05) is 28.8 Å². The maximum Gasteiger partial charge on any atom is 0.160 e. The summed E-state index contributed by atoms with van der Waals surface area (Å²) >= 11 is 5.75. The number of aromatic nitrogens is 3. The Morgan fingerprint density at radius 3 is 2.95 bits per heavy atom. The van der Waals surface area contributed by atoms with Crippen LogP contribution in [-0.2, 0) is 13.0 Å². The molecule has 0 aliphatic carbocycles. The SMILES string of the molecule is Fc1c(Cl)cccc1CNCCc1nnc2ccccn12. The second kappa shape index (κ2) is 6.20. The van der Waals surface area contributed by atoms with Gasteiger partial charge in [-0.2, -0.15) is 0 Å². The standard InChI is InChI=1S/C15H14ClFN4/c16-12-5-3-4-11(15(12)17)10-18-8-7-14-20-19-13-6-1-2-9-21(13)14/h1-6,9,18H,7-8,10H2. The van der Waals surface area contributed by atoms with Crippen molar-refractivity contribution in [2.75, 3.05) is 6.54 Å². The first-order valence-electron chi connectivity index (χ1n) is 6.68. The first-order valence-corrected chi connectivity index (χ1v) is 7.06. The zero-order chi connectivity index (χ0) is 14.7. The molecule has 0 saturated carbocycles. The molecule has 0 aliphatic rings. The summed E-state index contributed by atoms with van der Waals surface area (Å²) in [6.45, 7) is 1.12. The van der Waals surface area contributed by atoms with Crippen LogP contribution < -0.4 is 5.32 Å². The fraction of sp³-hybridized carbons (Fsp3) is 0.200. The highest BCUT2D eigenvalue weighted by Crippen LogP contribution is 2.17. The van der Waals surface area contributed by atoms with Gasteiger partial charge in [0.25, 0.3) is 0 Å². The van der Waals surface area contributed by atoms with E-state index in [1.54, 1.807) is 18.2 Å². The first kappa shape index (κ1) is 14.0. The number of nitrogens with zero attached hydrogens (tertiary/aromatic N) is 3. The van der Waals surface area contributed by atoms with Crippen molar-refractivity contribution in [3.05, 3.63) is 64.8 Å². The number of hydrogen-bond donors (Lipinski definition) is 1. The van der Waals surface area contributed by atoms with E-state index in [0.29, 0.717) is 25.1 Å². The fourth-order valence-corrected chi connectivity index (χ4v) is 2.36. The van der Waals surface area contributed by atoms with Crippen molar-refractivity contribution in [2.24, 2.45) is 0 Å². The minimum absolute atomic E-state index is 0.151. The summed E-state index contributed by atoms with van der Waals surface area (Å²) in [5.41, 5.74) is 1.39. The Bertz CT molecular complexity index is 756. The van der Waals surface area contributed by atoms with Gasteiger partial charge in [0.15, 0.2) is 5.65 Å². The Hall–Kier alpha value is -1.98. The van der Waals surface area contributed by atoms with Crippen molar-refractivity contribution in [3.8, 4) is 0 Å². The van der Waals surface area contributed by atoms with E-state index in [0.717, 1.165) is 11.5 Å². The lowest BCUT2D eigenvalue weighted by Crippen LogP contribution is -2.18. The first-order chi connectivity index (χ1) is 10.3. The van der Waals surface area contributed by atoms with Gasteiger partial charge in [-0.05, 0) is 18.2 Å². The van der Waals surface area contributed by atoms with Crippen LogP contribution in [0.1, 0.15) is 11.4 Å². The molecule has 0 aliphatic heterocycles. The predicted octanol–water partition coefficient (Wildman–Crippen LogP) is 2.85. The van der Waals surface area contributed by atoms with Crippen molar-refractivity contribution in [2.45, 2.75) is 13.0 Å². The molecule has 1 N–H and O–H groups in total. The highest BCUT2D eigenvalue weighted by molar-refractivity contribution is 6.30. The molecule has 0 bridgehead atoms. The van der Waals surface area contributed by atoms with Gasteiger partial charge in [-0.25, -0.2) is 4.39 Å². The zero-order valence-corrected chi connectivity index (χ0v) is 12.0. The molecule has 4 nitrogen and oxygen atoms in total. The average Bonchev–Trinajstić information content (AvgIpc) is 2.91. The number of nitrogens with one attached hydrogen (secondary N) is 1. The smallest absolute Gasteiger partial charge is 0.160 e. The van der Waals surface area contributed by atoms with E-state index in [4.69, 9.17) is 11.6 Å². The molecule has 0 fully saturated rings. The number of halogens is 2. The molecule has 6 heteroatoms. The van der Waals surface area contributed by atoms with Crippen LogP contribution in [0.5, 0.6) is 0 Å².